The highest BCUT2D eigenvalue weighted by atomic mass is 32.1. The van der Waals surface area contributed by atoms with Crippen LogP contribution in [-0.4, -0.2) is 48.7 Å². The molecule has 1 saturated heterocycles. The topological polar surface area (TPSA) is 103 Å². The van der Waals surface area contributed by atoms with Crippen LogP contribution in [0.5, 0.6) is 0 Å². The number of amides is 1. The van der Waals surface area contributed by atoms with Crippen molar-refractivity contribution in [3.8, 4) is 17.2 Å². The van der Waals surface area contributed by atoms with Crippen molar-refractivity contribution in [3.05, 3.63) is 65.7 Å². The number of carbonyl (C=O) groups is 1. The number of nitrogens with one attached hydrogen (secondary N) is 2. The number of ether oxygens (including phenoxy) is 1. The van der Waals surface area contributed by atoms with Crippen LogP contribution in [0.15, 0.2) is 60.1 Å². The van der Waals surface area contributed by atoms with E-state index < -0.39 is 0 Å². The van der Waals surface area contributed by atoms with Crippen molar-refractivity contribution in [2.45, 2.75) is 0 Å². The van der Waals surface area contributed by atoms with E-state index in [4.69, 9.17) is 15.0 Å². The van der Waals surface area contributed by atoms with Crippen molar-refractivity contribution in [2.24, 2.45) is 0 Å². The maximum Gasteiger partial charge on any atom is 0.252 e. The Labute approximate surface area is 200 Å². The van der Waals surface area contributed by atoms with Gasteiger partial charge in [-0.2, -0.15) is 5.26 Å². The molecule has 1 aliphatic heterocycles. The molecule has 4 aromatic rings. The average molecular weight is 471 g/mol. The van der Waals surface area contributed by atoms with Crippen molar-refractivity contribution in [1.29, 1.82) is 5.26 Å². The van der Waals surface area contributed by atoms with Crippen LogP contribution >= 0.6 is 11.3 Å². The number of nitrogens with zero attached hydrogens (tertiary/aromatic N) is 4. The lowest BCUT2D eigenvalue weighted by Gasteiger charge is -2.28. The molecule has 1 aliphatic rings. The molecule has 0 radical (unpaired) electrons. The number of hydrogen-bond acceptors (Lipinski definition) is 8. The minimum atomic E-state index is -0.267. The van der Waals surface area contributed by atoms with E-state index in [1.54, 1.807) is 23.5 Å². The van der Waals surface area contributed by atoms with Crippen LogP contribution in [0.4, 0.5) is 17.3 Å². The SMILES string of the molecule is N#CCNC(=O)c1ccc(-c2csc3cnc(Nc4ccc(N5CCOCC5)cc4)nc23)cc1. The van der Waals surface area contributed by atoms with Gasteiger partial charge >= 0.3 is 0 Å². The fourth-order valence-electron chi connectivity index (χ4n) is 3.82. The quantitative estimate of drug-likeness (QED) is 0.407. The standard InChI is InChI=1S/C25H22N6O2S/c26-9-10-27-24(32)18-3-1-17(2-4-18)21-16-34-22-15-28-25(30-23(21)22)29-19-5-7-20(8-6-19)31-11-13-33-14-12-31/h1-8,15-16H,10-14H2,(H,27,32)(H,28,29,30). The van der Waals surface area contributed by atoms with Crippen LogP contribution in [0.2, 0.25) is 0 Å². The van der Waals surface area contributed by atoms with Crippen LogP contribution in [0.1, 0.15) is 10.4 Å². The van der Waals surface area contributed by atoms with E-state index in [-0.39, 0.29) is 12.5 Å². The maximum absolute atomic E-state index is 12.0. The van der Waals surface area contributed by atoms with Crippen LogP contribution in [0.25, 0.3) is 21.3 Å². The first-order valence-corrected chi connectivity index (χ1v) is 11.8. The predicted molar refractivity (Wildman–Crippen MR) is 134 cm³/mol. The minimum absolute atomic E-state index is 0.0155. The fourth-order valence-corrected chi connectivity index (χ4v) is 4.70. The smallest absolute Gasteiger partial charge is 0.252 e. The zero-order valence-corrected chi connectivity index (χ0v) is 19.1. The first-order valence-electron chi connectivity index (χ1n) is 10.9. The van der Waals surface area contributed by atoms with Gasteiger partial charge in [0.1, 0.15) is 6.54 Å². The Bertz CT molecular complexity index is 1340. The number of benzene rings is 2. The van der Waals surface area contributed by atoms with E-state index in [1.165, 1.54) is 5.69 Å². The van der Waals surface area contributed by atoms with Gasteiger partial charge in [0.05, 0.1) is 35.7 Å². The van der Waals surface area contributed by atoms with E-state index in [0.29, 0.717) is 11.5 Å². The second-order valence-electron chi connectivity index (χ2n) is 7.75. The summed E-state index contributed by atoms with van der Waals surface area (Å²) in [6.45, 7) is 3.30. The van der Waals surface area contributed by atoms with Crippen LogP contribution < -0.4 is 15.5 Å². The van der Waals surface area contributed by atoms with Crippen LogP contribution in [0.3, 0.4) is 0 Å². The maximum atomic E-state index is 12.0. The van der Waals surface area contributed by atoms with Crippen LogP contribution in [-0.2, 0) is 4.74 Å². The lowest BCUT2D eigenvalue weighted by Crippen LogP contribution is -2.36. The molecule has 9 heteroatoms. The first kappa shape index (κ1) is 21.8. The minimum Gasteiger partial charge on any atom is -0.378 e. The van der Waals surface area contributed by atoms with Gasteiger partial charge in [-0.15, -0.1) is 11.3 Å². The molecule has 1 amide bonds. The summed E-state index contributed by atoms with van der Waals surface area (Å²) >= 11 is 1.58. The molecular weight excluding hydrogens is 448 g/mol. The highest BCUT2D eigenvalue weighted by molar-refractivity contribution is 7.17. The number of aromatic nitrogens is 2. The van der Waals surface area contributed by atoms with Crippen molar-refractivity contribution >= 4 is 44.8 Å². The predicted octanol–water partition coefficient (Wildman–Crippen LogP) is 4.19. The molecule has 0 aliphatic carbocycles. The Hall–Kier alpha value is -4.00. The van der Waals surface area contributed by atoms with Gasteiger partial charge in [-0.1, -0.05) is 12.1 Å². The summed E-state index contributed by atoms with van der Waals surface area (Å²) in [5.41, 5.74) is 5.40. The molecule has 0 unspecified atom stereocenters. The second kappa shape index (κ2) is 9.87. The van der Waals surface area contributed by atoms with E-state index in [2.05, 4.69) is 32.7 Å². The Morgan fingerprint density at radius 2 is 1.88 bits per heavy atom. The monoisotopic (exact) mass is 470 g/mol. The van der Waals surface area contributed by atoms with Gasteiger partial charge in [0.25, 0.3) is 5.91 Å². The zero-order valence-electron chi connectivity index (χ0n) is 18.3. The number of thiophene rings is 1. The number of nitriles is 1. The molecule has 8 nitrogen and oxygen atoms in total. The van der Waals surface area contributed by atoms with Gasteiger partial charge < -0.3 is 20.3 Å². The third-order valence-electron chi connectivity index (χ3n) is 5.60. The van der Waals surface area contributed by atoms with Gasteiger partial charge in [0.15, 0.2) is 0 Å². The summed E-state index contributed by atoms with van der Waals surface area (Å²) in [4.78, 5) is 23.6. The molecule has 0 spiro atoms. The summed E-state index contributed by atoms with van der Waals surface area (Å²) in [5.74, 6) is 0.260. The highest BCUT2D eigenvalue weighted by Gasteiger charge is 2.13. The van der Waals surface area contributed by atoms with E-state index in [0.717, 1.165) is 53.3 Å². The molecule has 34 heavy (non-hydrogen) atoms. The van der Waals surface area contributed by atoms with Gasteiger partial charge in [0, 0.05) is 41.0 Å². The summed E-state index contributed by atoms with van der Waals surface area (Å²) < 4.78 is 6.41. The molecule has 2 aromatic heterocycles. The van der Waals surface area contributed by atoms with Crippen molar-refractivity contribution < 1.29 is 9.53 Å². The van der Waals surface area contributed by atoms with E-state index in [9.17, 15) is 4.79 Å². The van der Waals surface area contributed by atoms with Gasteiger partial charge in [-0.25, -0.2) is 9.97 Å². The Balaban J connectivity index is 1.34. The molecular formula is C25H22N6O2S. The number of anilines is 3. The molecule has 5 rings (SSSR count). The molecule has 2 aromatic carbocycles. The van der Waals surface area contributed by atoms with Gasteiger partial charge in [0.2, 0.25) is 5.95 Å². The first-order chi connectivity index (χ1) is 16.7. The largest absolute Gasteiger partial charge is 0.378 e. The third kappa shape index (κ3) is 4.69. The molecule has 0 atom stereocenters. The molecule has 1 fully saturated rings. The van der Waals surface area contributed by atoms with E-state index in [1.807, 2.05) is 41.9 Å². The fraction of sp³-hybridized carbons (Fsp3) is 0.200. The number of rotatable bonds is 6. The van der Waals surface area contributed by atoms with Gasteiger partial charge in [-0.3, -0.25) is 4.79 Å². The summed E-state index contributed by atoms with van der Waals surface area (Å²) in [5, 5.41) is 16.5. The lowest BCUT2D eigenvalue weighted by molar-refractivity contribution is 0.0958. The highest BCUT2D eigenvalue weighted by Crippen LogP contribution is 2.33. The molecule has 3 heterocycles. The zero-order chi connectivity index (χ0) is 23.3. The Morgan fingerprint density at radius 3 is 2.62 bits per heavy atom. The third-order valence-corrected chi connectivity index (χ3v) is 6.51. The summed E-state index contributed by atoms with van der Waals surface area (Å²) in [7, 11) is 0. The normalized spacial score (nSPS) is 13.4. The molecule has 0 saturated carbocycles. The Morgan fingerprint density at radius 1 is 1.12 bits per heavy atom. The second-order valence-corrected chi connectivity index (χ2v) is 8.66. The summed E-state index contributed by atoms with van der Waals surface area (Å²) in [6.07, 6.45) is 1.82. The van der Waals surface area contributed by atoms with Crippen LogP contribution in [0, 0.1) is 11.3 Å². The Kier molecular flexibility index (Phi) is 6.33. The van der Waals surface area contributed by atoms with Crippen molar-refractivity contribution in [1.82, 2.24) is 15.3 Å². The number of morpholine rings is 1. The van der Waals surface area contributed by atoms with Gasteiger partial charge in [-0.05, 0) is 42.0 Å². The van der Waals surface area contributed by atoms with Crippen molar-refractivity contribution in [2.75, 3.05) is 43.1 Å². The number of fused-ring (bicyclic) bond motifs is 1. The number of carbonyl (C=O) groups excluding carboxylic acids is 1. The lowest BCUT2D eigenvalue weighted by atomic mass is 10.1. The molecule has 170 valence electrons. The summed E-state index contributed by atoms with van der Waals surface area (Å²) in [6, 6.07) is 17.4. The molecule has 2 N–H and O–H groups in total. The average Bonchev–Trinajstić information content (AvgIpc) is 3.31. The van der Waals surface area contributed by atoms with E-state index >= 15 is 0 Å². The number of hydrogen-bond donors (Lipinski definition) is 2. The molecule has 0 bridgehead atoms. The van der Waals surface area contributed by atoms with Crippen molar-refractivity contribution in [3.63, 3.8) is 0 Å².